The van der Waals surface area contributed by atoms with Crippen LogP contribution in [0.4, 0.5) is 0 Å². The van der Waals surface area contributed by atoms with E-state index in [-0.39, 0.29) is 18.3 Å². The second-order valence-corrected chi connectivity index (χ2v) is 6.03. The third kappa shape index (κ3) is 5.36. The molecule has 23 heavy (non-hydrogen) atoms. The first-order chi connectivity index (χ1) is 11.1. The average molecular weight is 318 g/mol. The molecule has 126 valence electrons. The van der Waals surface area contributed by atoms with Gasteiger partial charge in [0, 0.05) is 25.6 Å². The summed E-state index contributed by atoms with van der Waals surface area (Å²) in [6, 6.07) is 9.03. The van der Waals surface area contributed by atoms with Gasteiger partial charge in [-0.1, -0.05) is 29.8 Å². The van der Waals surface area contributed by atoms with Crippen molar-refractivity contribution < 1.29 is 14.3 Å². The summed E-state index contributed by atoms with van der Waals surface area (Å²) in [6.07, 6.45) is 3.00. The number of carbonyl (C=O) groups is 2. The predicted octanol–water partition coefficient (Wildman–Crippen LogP) is 2.20. The molecule has 0 spiro atoms. The van der Waals surface area contributed by atoms with Crippen LogP contribution in [0.15, 0.2) is 24.3 Å². The van der Waals surface area contributed by atoms with Gasteiger partial charge in [-0.2, -0.15) is 0 Å². The van der Waals surface area contributed by atoms with Gasteiger partial charge in [0.05, 0.1) is 13.5 Å². The van der Waals surface area contributed by atoms with Gasteiger partial charge >= 0.3 is 5.97 Å². The molecule has 2 rings (SSSR count). The third-order valence-corrected chi connectivity index (χ3v) is 4.30. The molecule has 1 atom stereocenters. The van der Waals surface area contributed by atoms with Crippen LogP contribution in [0.1, 0.15) is 42.9 Å². The zero-order valence-corrected chi connectivity index (χ0v) is 14.0. The summed E-state index contributed by atoms with van der Waals surface area (Å²) >= 11 is 0. The van der Waals surface area contributed by atoms with Crippen molar-refractivity contribution in [3.05, 3.63) is 35.4 Å². The molecular weight excluding hydrogens is 292 g/mol. The number of methoxy groups -OCH3 is 1. The van der Waals surface area contributed by atoms with E-state index in [0.29, 0.717) is 19.0 Å². The number of benzene rings is 1. The van der Waals surface area contributed by atoms with Crippen LogP contribution in [0.3, 0.4) is 0 Å². The van der Waals surface area contributed by atoms with Gasteiger partial charge in [-0.05, 0) is 31.9 Å². The van der Waals surface area contributed by atoms with Gasteiger partial charge < -0.3 is 10.1 Å². The number of nitrogens with one attached hydrogen (secondary N) is 1. The van der Waals surface area contributed by atoms with Crippen LogP contribution in [0.5, 0.6) is 0 Å². The molecule has 0 saturated carbocycles. The van der Waals surface area contributed by atoms with Crippen LogP contribution in [0.25, 0.3) is 0 Å². The summed E-state index contributed by atoms with van der Waals surface area (Å²) in [5.41, 5.74) is 2.61. The molecule has 1 aromatic carbocycles. The minimum absolute atomic E-state index is 0.0104. The normalized spacial score (nSPS) is 17.9. The summed E-state index contributed by atoms with van der Waals surface area (Å²) in [6.45, 7) is 4.24. The first-order valence-corrected chi connectivity index (χ1v) is 8.24. The van der Waals surface area contributed by atoms with Crippen molar-refractivity contribution in [2.24, 2.45) is 0 Å². The van der Waals surface area contributed by atoms with Crippen LogP contribution >= 0.6 is 0 Å². The van der Waals surface area contributed by atoms with E-state index in [1.165, 1.54) is 24.7 Å². The standard InChI is InChI=1S/C18H26N2O3/c1-14-5-3-6-15(13-14)16-7-4-11-20(16)12-9-17(21)19-10-8-18(22)23-2/h3,5-6,13,16H,4,7-12H2,1-2H3,(H,19,21)/t16-/m1/s1. The Labute approximate surface area is 138 Å². The Hall–Kier alpha value is -1.88. The van der Waals surface area contributed by atoms with Crippen LogP contribution < -0.4 is 5.32 Å². The molecule has 1 heterocycles. The third-order valence-electron chi connectivity index (χ3n) is 4.30. The van der Waals surface area contributed by atoms with Gasteiger partial charge in [0.1, 0.15) is 0 Å². The van der Waals surface area contributed by atoms with Crippen molar-refractivity contribution >= 4 is 11.9 Å². The Morgan fingerprint density at radius 2 is 2.17 bits per heavy atom. The van der Waals surface area contributed by atoms with Gasteiger partial charge in [0.25, 0.3) is 0 Å². The number of carbonyl (C=O) groups excluding carboxylic acids is 2. The number of esters is 1. The molecule has 0 radical (unpaired) electrons. The number of likely N-dealkylation sites (tertiary alicyclic amines) is 1. The minimum Gasteiger partial charge on any atom is -0.469 e. The minimum atomic E-state index is -0.302. The molecule has 1 aliphatic rings. The number of amides is 1. The summed E-state index contributed by atoms with van der Waals surface area (Å²) in [4.78, 5) is 25.3. The monoisotopic (exact) mass is 318 g/mol. The maximum absolute atomic E-state index is 11.9. The highest BCUT2D eigenvalue weighted by molar-refractivity contribution is 5.77. The molecule has 1 amide bonds. The number of hydrogen-bond acceptors (Lipinski definition) is 4. The zero-order chi connectivity index (χ0) is 16.7. The van der Waals surface area contributed by atoms with Crippen molar-refractivity contribution in [2.75, 3.05) is 26.7 Å². The molecule has 0 unspecified atom stereocenters. The largest absolute Gasteiger partial charge is 0.469 e. The zero-order valence-electron chi connectivity index (χ0n) is 14.0. The Bertz CT molecular complexity index is 545. The van der Waals surface area contributed by atoms with Crippen molar-refractivity contribution in [3.8, 4) is 0 Å². The van der Waals surface area contributed by atoms with Crippen molar-refractivity contribution in [3.63, 3.8) is 0 Å². The molecule has 5 heteroatoms. The van der Waals surface area contributed by atoms with Crippen LogP contribution in [-0.4, -0.2) is 43.5 Å². The fourth-order valence-corrected chi connectivity index (χ4v) is 3.09. The lowest BCUT2D eigenvalue weighted by molar-refractivity contribution is -0.140. The molecule has 1 saturated heterocycles. The average Bonchev–Trinajstić information content (AvgIpc) is 3.01. The second kappa shape index (κ2) is 8.67. The lowest BCUT2D eigenvalue weighted by atomic mass is 10.0. The number of aryl methyl sites for hydroxylation is 1. The lowest BCUT2D eigenvalue weighted by Crippen LogP contribution is -2.31. The summed E-state index contributed by atoms with van der Waals surface area (Å²) in [7, 11) is 1.35. The molecule has 0 bridgehead atoms. The van der Waals surface area contributed by atoms with Crippen molar-refractivity contribution in [2.45, 2.75) is 38.6 Å². The van der Waals surface area contributed by atoms with E-state index in [2.05, 4.69) is 46.1 Å². The Balaban J connectivity index is 1.78. The number of ether oxygens (including phenoxy) is 1. The molecular formula is C18H26N2O3. The van der Waals surface area contributed by atoms with Gasteiger partial charge in [0.2, 0.25) is 5.91 Å². The Morgan fingerprint density at radius 1 is 1.35 bits per heavy atom. The maximum atomic E-state index is 11.9. The fourth-order valence-electron chi connectivity index (χ4n) is 3.09. The van der Waals surface area contributed by atoms with E-state index >= 15 is 0 Å². The van der Waals surface area contributed by atoms with Gasteiger partial charge in [-0.25, -0.2) is 0 Å². The van der Waals surface area contributed by atoms with E-state index in [1.807, 2.05) is 0 Å². The Morgan fingerprint density at radius 3 is 2.91 bits per heavy atom. The van der Waals surface area contributed by atoms with Crippen LogP contribution in [0.2, 0.25) is 0 Å². The fraction of sp³-hybridized carbons (Fsp3) is 0.556. The highest BCUT2D eigenvalue weighted by Gasteiger charge is 2.26. The molecule has 0 aromatic heterocycles. The highest BCUT2D eigenvalue weighted by atomic mass is 16.5. The van der Waals surface area contributed by atoms with Gasteiger partial charge in [0.15, 0.2) is 0 Å². The van der Waals surface area contributed by atoms with Crippen molar-refractivity contribution in [1.82, 2.24) is 10.2 Å². The number of hydrogen-bond donors (Lipinski definition) is 1. The Kier molecular flexibility index (Phi) is 6.59. The second-order valence-electron chi connectivity index (χ2n) is 6.03. The molecule has 1 aromatic rings. The summed E-state index contributed by atoms with van der Waals surface area (Å²) in [5, 5.41) is 2.77. The lowest BCUT2D eigenvalue weighted by Gasteiger charge is -2.24. The molecule has 1 aliphatic heterocycles. The SMILES string of the molecule is COC(=O)CCNC(=O)CCN1CCC[C@@H]1c1cccc(C)c1. The van der Waals surface area contributed by atoms with E-state index in [9.17, 15) is 9.59 Å². The van der Waals surface area contributed by atoms with Crippen LogP contribution in [0, 0.1) is 6.92 Å². The van der Waals surface area contributed by atoms with E-state index in [0.717, 1.165) is 19.5 Å². The molecule has 1 fully saturated rings. The van der Waals surface area contributed by atoms with E-state index < -0.39 is 0 Å². The molecule has 0 aliphatic carbocycles. The summed E-state index contributed by atoms with van der Waals surface area (Å²) in [5.74, 6) is -0.312. The van der Waals surface area contributed by atoms with Crippen LogP contribution in [-0.2, 0) is 14.3 Å². The first-order valence-electron chi connectivity index (χ1n) is 8.24. The number of rotatable bonds is 7. The van der Waals surface area contributed by atoms with Gasteiger partial charge in [-0.3, -0.25) is 14.5 Å². The molecule has 1 N–H and O–H groups in total. The van der Waals surface area contributed by atoms with E-state index in [4.69, 9.17) is 0 Å². The van der Waals surface area contributed by atoms with E-state index in [1.54, 1.807) is 0 Å². The smallest absolute Gasteiger partial charge is 0.307 e. The summed E-state index contributed by atoms with van der Waals surface area (Å²) < 4.78 is 4.55. The predicted molar refractivity (Wildman–Crippen MR) is 89.0 cm³/mol. The highest BCUT2D eigenvalue weighted by Crippen LogP contribution is 2.32. The maximum Gasteiger partial charge on any atom is 0.307 e. The number of nitrogens with zero attached hydrogens (tertiary/aromatic N) is 1. The topological polar surface area (TPSA) is 58.6 Å². The molecule has 5 nitrogen and oxygen atoms in total. The quantitative estimate of drug-likeness (QED) is 0.783. The van der Waals surface area contributed by atoms with Crippen molar-refractivity contribution in [1.29, 1.82) is 0 Å². The van der Waals surface area contributed by atoms with Gasteiger partial charge in [-0.15, -0.1) is 0 Å². The first kappa shape index (κ1) is 17.5.